The second kappa shape index (κ2) is 7.52. The van der Waals surface area contributed by atoms with Crippen molar-refractivity contribution in [3.8, 4) is 0 Å². The Labute approximate surface area is 139 Å². The molecule has 0 aromatic carbocycles. The molecule has 1 aromatic rings. The zero-order chi connectivity index (χ0) is 17.9. The van der Waals surface area contributed by atoms with E-state index in [9.17, 15) is 18.0 Å². The maximum Gasteiger partial charge on any atom is 0.405 e. The first-order valence-corrected chi connectivity index (χ1v) is 8.03. The van der Waals surface area contributed by atoms with Crippen molar-refractivity contribution in [2.75, 3.05) is 32.7 Å². The molecular formula is C15H24F3N5O. The van der Waals surface area contributed by atoms with Crippen LogP contribution in [-0.4, -0.2) is 65.5 Å². The summed E-state index contributed by atoms with van der Waals surface area (Å²) in [7, 11) is 1.61. The van der Waals surface area contributed by atoms with E-state index in [2.05, 4.69) is 15.7 Å². The average molecular weight is 347 g/mol. The highest BCUT2D eigenvalue weighted by molar-refractivity contribution is 5.92. The summed E-state index contributed by atoms with van der Waals surface area (Å²) >= 11 is 0. The lowest BCUT2D eigenvalue weighted by molar-refractivity contribution is -0.183. The van der Waals surface area contributed by atoms with E-state index < -0.39 is 24.7 Å². The van der Waals surface area contributed by atoms with E-state index in [1.54, 1.807) is 13.1 Å². The van der Waals surface area contributed by atoms with Gasteiger partial charge in [0.15, 0.2) is 0 Å². The van der Waals surface area contributed by atoms with Crippen LogP contribution in [0.15, 0.2) is 6.07 Å². The van der Waals surface area contributed by atoms with E-state index in [1.807, 2.05) is 13.8 Å². The molecule has 0 aliphatic carbocycles. The van der Waals surface area contributed by atoms with Crippen LogP contribution in [0.1, 0.15) is 35.9 Å². The Balaban J connectivity index is 2.04. The van der Waals surface area contributed by atoms with Crippen LogP contribution in [0.2, 0.25) is 0 Å². The predicted molar refractivity (Wildman–Crippen MR) is 83.9 cm³/mol. The Morgan fingerprint density at radius 2 is 2.00 bits per heavy atom. The van der Waals surface area contributed by atoms with Crippen LogP contribution < -0.4 is 10.6 Å². The molecular weight excluding hydrogens is 323 g/mol. The molecule has 1 unspecified atom stereocenters. The van der Waals surface area contributed by atoms with Crippen LogP contribution >= 0.6 is 0 Å². The first-order chi connectivity index (χ1) is 11.2. The molecule has 0 saturated carbocycles. The van der Waals surface area contributed by atoms with Gasteiger partial charge in [-0.25, -0.2) is 0 Å². The maximum atomic E-state index is 13.3. The first-order valence-electron chi connectivity index (χ1n) is 8.03. The Kier molecular flexibility index (Phi) is 5.87. The molecule has 0 radical (unpaired) electrons. The number of nitrogens with zero attached hydrogens (tertiary/aromatic N) is 3. The van der Waals surface area contributed by atoms with Crippen LogP contribution in [0.4, 0.5) is 13.2 Å². The van der Waals surface area contributed by atoms with Crippen LogP contribution in [0, 0.1) is 0 Å². The SMILES string of the molecule is CC(C)c1cc(C(=O)NCC(N2CCNCC2)C(F)(F)F)n(C)n1. The zero-order valence-corrected chi connectivity index (χ0v) is 14.2. The topological polar surface area (TPSA) is 62.2 Å². The van der Waals surface area contributed by atoms with Crippen molar-refractivity contribution < 1.29 is 18.0 Å². The molecule has 9 heteroatoms. The van der Waals surface area contributed by atoms with Crippen molar-refractivity contribution in [3.05, 3.63) is 17.5 Å². The lowest BCUT2D eigenvalue weighted by Gasteiger charge is -2.35. The number of aryl methyl sites for hydroxylation is 1. The molecule has 24 heavy (non-hydrogen) atoms. The van der Waals surface area contributed by atoms with Gasteiger partial charge < -0.3 is 10.6 Å². The second-order valence-corrected chi connectivity index (χ2v) is 6.29. The summed E-state index contributed by atoms with van der Waals surface area (Å²) in [5, 5.41) is 9.65. The summed E-state index contributed by atoms with van der Waals surface area (Å²) in [6.07, 6.45) is -4.39. The van der Waals surface area contributed by atoms with Gasteiger partial charge in [0.2, 0.25) is 0 Å². The van der Waals surface area contributed by atoms with Gasteiger partial charge in [-0.1, -0.05) is 13.8 Å². The number of amides is 1. The summed E-state index contributed by atoms with van der Waals surface area (Å²) in [6.45, 7) is 5.05. The smallest absolute Gasteiger partial charge is 0.349 e. The van der Waals surface area contributed by atoms with Crippen LogP contribution in [0.25, 0.3) is 0 Å². The Hall–Kier alpha value is -1.61. The summed E-state index contributed by atoms with van der Waals surface area (Å²) < 4.78 is 41.3. The van der Waals surface area contributed by atoms with E-state index in [1.165, 1.54) is 9.58 Å². The second-order valence-electron chi connectivity index (χ2n) is 6.29. The molecule has 1 aliphatic heterocycles. The van der Waals surface area contributed by atoms with Gasteiger partial charge in [-0.05, 0) is 12.0 Å². The van der Waals surface area contributed by atoms with Crippen molar-refractivity contribution >= 4 is 5.91 Å². The fraction of sp³-hybridized carbons (Fsp3) is 0.733. The number of aromatic nitrogens is 2. The molecule has 1 amide bonds. The number of alkyl halides is 3. The number of carbonyl (C=O) groups is 1. The Bertz CT molecular complexity index is 564. The minimum atomic E-state index is -4.39. The normalized spacial score (nSPS) is 18.0. The Morgan fingerprint density at radius 1 is 1.38 bits per heavy atom. The molecule has 2 heterocycles. The number of carbonyl (C=O) groups excluding carboxylic acids is 1. The van der Waals surface area contributed by atoms with Gasteiger partial charge in [0, 0.05) is 39.8 Å². The summed E-state index contributed by atoms with van der Waals surface area (Å²) in [5.41, 5.74) is 0.997. The molecule has 2 rings (SSSR count). The van der Waals surface area contributed by atoms with Crippen molar-refractivity contribution in [1.82, 2.24) is 25.3 Å². The number of hydrogen-bond acceptors (Lipinski definition) is 4. The molecule has 6 nitrogen and oxygen atoms in total. The van der Waals surface area contributed by atoms with E-state index in [4.69, 9.17) is 0 Å². The molecule has 0 spiro atoms. The van der Waals surface area contributed by atoms with Crippen LogP contribution in [-0.2, 0) is 7.05 Å². The lowest BCUT2D eigenvalue weighted by Crippen LogP contribution is -2.57. The number of rotatable bonds is 5. The van der Waals surface area contributed by atoms with Crippen molar-refractivity contribution in [2.45, 2.75) is 32.0 Å². The fourth-order valence-electron chi connectivity index (χ4n) is 2.71. The quantitative estimate of drug-likeness (QED) is 0.838. The molecule has 1 atom stereocenters. The highest BCUT2D eigenvalue weighted by atomic mass is 19.4. The van der Waals surface area contributed by atoms with Gasteiger partial charge in [-0.2, -0.15) is 18.3 Å². The molecule has 1 saturated heterocycles. The van der Waals surface area contributed by atoms with Gasteiger partial charge in [0.1, 0.15) is 11.7 Å². The number of hydrogen-bond donors (Lipinski definition) is 2. The van der Waals surface area contributed by atoms with Gasteiger partial charge in [0.05, 0.1) is 5.69 Å². The first kappa shape index (κ1) is 18.7. The molecule has 0 bridgehead atoms. The highest BCUT2D eigenvalue weighted by Gasteiger charge is 2.43. The van der Waals surface area contributed by atoms with Crippen LogP contribution in [0.5, 0.6) is 0 Å². The minimum Gasteiger partial charge on any atom is -0.349 e. The predicted octanol–water partition coefficient (Wildman–Crippen LogP) is 1.11. The van der Waals surface area contributed by atoms with Crippen molar-refractivity contribution in [3.63, 3.8) is 0 Å². The van der Waals surface area contributed by atoms with E-state index in [-0.39, 0.29) is 11.6 Å². The van der Waals surface area contributed by atoms with Gasteiger partial charge in [-0.15, -0.1) is 0 Å². The standard InChI is InChI=1S/C15H24F3N5O/c1-10(2)11-8-12(22(3)21-11)14(24)20-9-13(15(16,17)18)23-6-4-19-5-7-23/h8,10,13,19H,4-7,9H2,1-3H3,(H,20,24). The monoisotopic (exact) mass is 347 g/mol. The van der Waals surface area contributed by atoms with E-state index in [0.29, 0.717) is 26.2 Å². The number of piperazine rings is 1. The van der Waals surface area contributed by atoms with Gasteiger partial charge in [0.25, 0.3) is 5.91 Å². The highest BCUT2D eigenvalue weighted by Crippen LogP contribution is 2.25. The molecule has 1 aliphatic rings. The van der Waals surface area contributed by atoms with Crippen molar-refractivity contribution in [2.24, 2.45) is 7.05 Å². The number of nitrogens with one attached hydrogen (secondary N) is 2. The third-order valence-electron chi connectivity index (χ3n) is 4.15. The average Bonchev–Trinajstić information content (AvgIpc) is 2.89. The summed E-state index contributed by atoms with van der Waals surface area (Å²) in [5.74, 6) is -0.400. The largest absolute Gasteiger partial charge is 0.405 e. The third-order valence-corrected chi connectivity index (χ3v) is 4.15. The summed E-state index contributed by atoms with van der Waals surface area (Å²) in [4.78, 5) is 13.6. The number of halogens is 3. The third kappa shape index (κ3) is 4.47. The lowest BCUT2D eigenvalue weighted by atomic mass is 10.1. The summed E-state index contributed by atoms with van der Waals surface area (Å²) in [6, 6.07) is -0.0608. The zero-order valence-electron chi connectivity index (χ0n) is 14.2. The van der Waals surface area contributed by atoms with Gasteiger partial charge >= 0.3 is 6.18 Å². The minimum absolute atomic E-state index is 0.140. The van der Waals surface area contributed by atoms with Crippen LogP contribution in [0.3, 0.4) is 0 Å². The Morgan fingerprint density at radius 3 is 2.50 bits per heavy atom. The maximum absolute atomic E-state index is 13.3. The molecule has 1 aromatic heterocycles. The molecule has 2 N–H and O–H groups in total. The van der Waals surface area contributed by atoms with Crippen molar-refractivity contribution in [1.29, 1.82) is 0 Å². The fourth-order valence-corrected chi connectivity index (χ4v) is 2.71. The molecule has 1 fully saturated rings. The molecule has 136 valence electrons. The van der Waals surface area contributed by atoms with E-state index in [0.717, 1.165) is 5.69 Å². The van der Waals surface area contributed by atoms with Gasteiger partial charge in [-0.3, -0.25) is 14.4 Å². The van der Waals surface area contributed by atoms with E-state index >= 15 is 0 Å².